The smallest absolute Gasteiger partial charge is 0.346 e. The minimum absolute atomic E-state index is 0.117. The van der Waals surface area contributed by atoms with Crippen LogP contribution >= 0.6 is 0 Å². The Kier molecular flexibility index (Phi) is 7.74. The van der Waals surface area contributed by atoms with Gasteiger partial charge >= 0.3 is 5.97 Å². The van der Waals surface area contributed by atoms with Crippen LogP contribution in [0.15, 0.2) is 42.5 Å². The first kappa shape index (κ1) is 22.7. The van der Waals surface area contributed by atoms with Crippen LogP contribution in [-0.2, 0) is 16.1 Å². The lowest BCUT2D eigenvalue weighted by molar-refractivity contribution is -0.385. The van der Waals surface area contributed by atoms with Gasteiger partial charge in [-0.05, 0) is 19.4 Å². The number of nitrogens with zero attached hydrogens (tertiary/aromatic N) is 2. The van der Waals surface area contributed by atoms with Crippen LogP contribution in [0.3, 0.4) is 0 Å². The number of carbonyl (C=O) groups excluding carboxylic acids is 2. The molecule has 0 fully saturated rings. The van der Waals surface area contributed by atoms with Crippen LogP contribution in [0.2, 0.25) is 0 Å². The summed E-state index contributed by atoms with van der Waals surface area (Å²) in [5.74, 6) is -1.16. The van der Waals surface area contributed by atoms with Crippen molar-refractivity contribution in [2.75, 3.05) is 20.8 Å². The number of amides is 1. The fourth-order valence-corrected chi connectivity index (χ4v) is 2.81. The normalized spacial score (nSPS) is 11.3. The minimum atomic E-state index is -1.14. The standard InChI is InChI=1S/C21H24N2O7/c1-5-29-19-11-16(17(23(26)27)12-18(19)28-4)21(25)30-14(2)20(24)22(3)13-15-9-7-6-8-10-15/h6-12,14H,5,13H2,1-4H3/t14-/m1/s1. The monoisotopic (exact) mass is 416 g/mol. The maximum atomic E-state index is 12.6. The van der Waals surface area contributed by atoms with Gasteiger partial charge in [-0.1, -0.05) is 30.3 Å². The number of rotatable bonds is 9. The zero-order valence-corrected chi connectivity index (χ0v) is 17.3. The molecule has 0 heterocycles. The van der Waals surface area contributed by atoms with E-state index in [4.69, 9.17) is 14.2 Å². The maximum absolute atomic E-state index is 12.6. The van der Waals surface area contributed by atoms with E-state index in [1.807, 2.05) is 30.3 Å². The van der Waals surface area contributed by atoms with Gasteiger partial charge in [-0.25, -0.2) is 4.79 Å². The van der Waals surface area contributed by atoms with E-state index in [0.29, 0.717) is 6.54 Å². The van der Waals surface area contributed by atoms with Crippen molar-refractivity contribution in [3.05, 3.63) is 63.7 Å². The van der Waals surface area contributed by atoms with Crippen LogP contribution in [0.25, 0.3) is 0 Å². The molecule has 9 heteroatoms. The molecule has 0 aliphatic carbocycles. The summed E-state index contributed by atoms with van der Waals surface area (Å²) in [6.07, 6.45) is -1.14. The van der Waals surface area contributed by atoms with E-state index in [2.05, 4.69) is 0 Å². The highest BCUT2D eigenvalue weighted by Crippen LogP contribution is 2.35. The first-order valence-electron chi connectivity index (χ1n) is 9.27. The van der Waals surface area contributed by atoms with Gasteiger partial charge in [0.15, 0.2) is 17.6 Å². The second-order valence-electron chi connectivity index (χ2n) is 6.44. The molecule has 0 aliphatic heterocycles. The number of hydrogen-bond donors (Lipinski definition) is 0. The molecule has 160 valence electrons. The van der Waals surface area contributed by atoms with Gasteiger partial charge in [0.25, 0.3) is 11.6 Å². The molecule has 0 unspecified atom stereocenters. The Balaban J connectivity index is 2.20. The number of benzene rings is 2. The van der Waals surface area contributed by atoms with E-state index >= 15 is 0 Å². The van der Waals surface area contributed by atoms with Gasteiger partial charge in [0.1, 0.15) is 5.56 Å². The lowest BCUT2D eigenvalue weighted by atomic mass is 10.1. The number of nitro groups is 1. The van der Waals surface area contributed by atoms with E-state index in [1.165, 1.54) is 25.0 Å². The summed E-state index contributed by atoms with van der Waals surface area (Å²) >= 11 is 0. The van der Waals surface area contributed by atoms with Crippen molar-refractivity contribution in [1.29, 1.82) is 0 Å². The minimum Gasteiger partial charge on any atom is -0.493 e. The van der Waals surface area contributed by atoms with Crippen molar-refractivity contribution in [1.82, 2.24) is 4.90 Å². The summed E-state index contributed by atoms with van der Waals surface area (Å²) in [7, 11) is 2.92. The summed E-state index contributed by atoms with van der Waals surface area (Å²) in [6, 6.07) is 11.6. The number of ether oxygens (including phenoxy) is 3. The first-order chi connectivity index (χ1) is 14.3. The summed E-state index contributed by atoms with van der Waals surface area (Å²) in [4.78, 5) is 37.3. The Morgan fingerprint density at radius 2 is 1.83 bits per heavy atom. The van der Waals surface area contributed by atoms with Crippen molar-refractivity contribution >= 4 is 17.6 Å². The molecule has 2 aromatic carbocycles. The number of hydrogen-bond acceptors (Lipinski definition) is 7. The molecule has 0 radical (unpaired) electrons. The Morgan fingerprint density at radius 1 is 1.17 bits per heavy atom. The molecule has 0 saturated heterocycles. The molecule has 1 amide bonds. The average molecular weight is 416 g/mol. The number of likely N-dealkylation sites (N-methyl/N-ethyl adjacent to an activating group) is 1. The third kappa shape index (κ3) is 5.47. The molecule has 2 rings (SSSR count). The maximum Gasteiger partial charge on any atom is 0.346 e. The van der Waals surface area contributed by atoms with E-state index < -0.39 is 28.6 Å². The molecule has 2 aromatic rings. The molecule has 0 saturated carbocycles. The largest absolute Gasteiger partial charge is 0.493 e. The fraction of sp³-hybridized carbons (Fsp3) is 0.333. The lowest BCUT2D eigenvalue weighted by Crippen LogP contribution is -2.37. The Labute approximate surface area is 174 Å². The molecule has 0 aliphatic rings. The molecule has 9 nitrogen and oxygen atoms in total. The van der Waals surface area contributed by atoms with Gasteiger partial charge in [-0.3, -0.25) is 14.9 Å². The SMILES string of the molecule is CCOc1cc(C(=O)O[C@H](C)C(=O)N(C)Cc2ccccc2)c([N+](=O)[O-])cc1OC. The predicted molar refractivity (Wildman–Crippen MR) is 109 cm³/mol. The molecule has 0 aromatic heterocycles. The highest BCUT2D eigenvalue weighted by molar-refractivity contribution is 5.96. The highest BCUT2D eigenvalue weighted by Gasteiger charge is 2.29. The third-order valence-electron chi connectivity index (χ3n) is 4.27. The summed E-state index contributed by atoms with van der Waals surface area (Å²) in [5.41, 5.74) is 0.0891. The molecule has 1 atom stereocenters. The number of carbonyl (C=O) groups is 2. The summed E-state index contributed by atoms with van der Waals surface area (Å²) in [6.45, 7) is 3.74. The van der Waals surface area contributed by atoms with Crippen molar-refractivity contribution in [2.24, 2.45) is 0 Å². The zero-order chi connectivity index (χ0) is 22.3. The third-order valence-corrected chi connectivity index (χ3v) is 4.27. The Hall–Kier alpha value is -3.62. The van der Waals surface area contributed by atoms with Gasteiger partial charge in [-0.15, -0.1) is 0 Å². The average Bonchev–Trinajstić information content (AvgIpc) is 2.73. The van der Waals surface area contributed by atoms with E-state index in [-0.39, 0.29) is 23.7 Å². The van der Waals surface area contributed by atoms with Gasteiger partial charge in [0, 0.05) is 19.7 Å². The quantitative estimate of drug-likeness (QED) is 0.351. The van der Waals surface area contributed by atoms with E-state index in [9.17, 15) is 19.7 Å². The van der Waals surface area contributed by atoms with Crippen LogP contribution in [0, 0.1) is 10.1 Å². The van der Waals surface area contributed by atoms with Crippen LogP contribution in [0.4, 0.5) is 5.69 Å². The second kappa shape index (κ2) is 10.2. The number of nitro benzene ring substituents is 1. The first-order valence-corrected chi connectivity index (χ1v) is 9.27. The number of esters is 1. The topological polar surface area (TPSA) is 108 Å². The summed E-state index contributed by atoms with van der Waals surface area (Å²) in [5, 5.41) is 11.4. The van der Waals surface area contributed by atoms with Crippen LogP contribution in [0.1, 0.15) is 29.8 Å². The van der Waals surface area contributed by atoms with Gasteiger partial charge < -0.3 is 19.1 Å². The zero-order valence-electron chi connectivity index (χ0n) is 17.3. The van der Waals surface area contributed by atoms with Crippen molar-refractivity contribution in [2.45, 2.75) is 26.5 Å². The molecular weight excluding hydrogens is 392 g/mol. The van der Waals surface area contributed by atoms with Crippen LogP contribution in [0.5, 0.6) is 11.5 Å². The fourth-order valence-electron chi connectivity index (χ4n) is 2.81. The van der Waals surface area contributed by atoms with Crippen LogP contribution < -0.4 is 9.47 Å². The predicted octanol–water partition coefficient (Wildman–Crippen LogP) is 3.21. The van der Waals surface area contributed by atoms with Crippen molar-refractivity contribution in [3.8, 4) is 11.5 Å². The second-order valence-corrected chi connectivity index (χ2v) is 6.44. The molecule has 0 bridgehead atoms. The summed E-state index contributed by atoms with van der Waals surface area (Å²) < 4.78 is 15.7. The van der Waals surface area contributed by atoms with Crippen molar-refractivity contribution < 1.29 is 28.7 Å². The Bertz CT molecular complexity index is 915. The van der Waals surface area contributed by atoms with Crippen molar-refractivity contribution in [3.63, 3.8) is 0 Å². The van der Waals surface area contributed by atoms with E-state index in [1.54, 1.807) is 14.0 Å². The number of methoxy groups -OCH3 is 1. The highest BCUT2D eigenvalue weighted by atomic mass is 16.6. The molecular formula is C21H24N2O7. The molecule has 0 N–H and O–H groups in total. The van der Waals surface area contributed by atoms with Gasteiger partial charge in [0.2, 0.25) is 0 Å². The van der Waals surface area contributed by atoms with Gasteiger partial charge in [-0.2, -0.15) is 0 Å². The van der Waals surface area contributed by atoms with Gasteiger partial charge in [0.05, 0.1) is 24.7 Å². The van der Waals surface area contributed by atoms with Crippen LogP contribution in [-0.4, -0.2) is 48.6 Å². The Morgan fingerprint density at radius 3 is 2.40 bits per heavy atom. The lowest BCUT2D eigenvalue weighted by Gasteiger charge is -2.21. The van der Waals surface area contributed by atoms with E-state index in [0.717, 1.165) is 11.6 Å². The molecule has 0 spiro atoms. The molecule has 30 heavy (non-hydrogen) atoms.